The highest BCUT2D eigenvalue weighted by Gasteiger charge is 2.21. The Labute approximate surface area is 98.6 Å². The summed E-state index contributed by atoms with van der Waals surface area (Å²) in [6, 6.07) is 8.12. The molecule has 1 saturated heterocycles. The molecule has 2 heteroatoms. The van der Waals surface area contributed by atoms with Crippen molar-refractivity contribution in [2.75, 3.05) is 13.2 Å². The molecule has 90 valence electrons. The molecule has 0 aromatic heterocycles. The summed E-state index contributed by atoms with van der Waals surface area (Å²) < 4.78 is 10.6. The minimum Gasteiger partial charge on any atom is -0.493 e. The summed E-state index contributed by atoms with van der Waals surface area (Å²) in [5.41, 5.74) is 1.26. The third kappa shape index (κ3) is 5.76. The van der Waals surface area contributed by atoms with E-state index >= 15 is 0 Å². The third-order valence-corrected chi connectivity index (χ3v) is 2.13. The lowest BCUT2D eigenvalue weighted by Crippen LogP contribution is -2.00. The number of aryl methyl sites for hydroxylation is 1. The largest absolute Gasteiger partial charge is 0.493 e. The van der Waals surface area contributed by atoms with E-state index in [1.54, 1.807) is 0 Å². The van der Waals surface area contributed by atoms with Gasteiger partial charge in [0.05, 0.1) is 19.3 Å². The monoisotopic (exact) mass is 222 g/mol. The Morgan fingerprint density at radius 2 is 1.81 bits per heavy atom. The van der Waals surface area contributed by atoms with Crippen molar-refractivity contribution >= 4 is 0 Å². The molecule has 0 amide bonds. The average Bonchev–Trinajstić information content (AvgIpc) is 3.06. The Balaban J connectivity index is 0.000000386. The van der Waals surface area contributed by atoms with Gasteiger partial charge in [-0.1, -0.05) is 38.0 Å². The predicted molar refractivity (Wildman–Crippen MR) is 67.0 cm³/mol. The normalized spacial score (nSPS) is 17.3. The average molecular weight is 222 g/mol. The van der Waals surface area contributed by atoms with Crippen molar-refractivity contribution in [2.24, 2.45) is 0 Å². The van der Waals surface area contributed by atoms with Crippen LogP contribution in [0.5, 0.6) is 5.75 Å². The summed E-state index contributed by atoms with van der Waals surface area (Å²) in [5, 5.41) is 0. The molecule has 1 atom stereocenters. The van der Waals surface area contributed by atoms with Gasteiger partial charge in [0.2, 0.25) is 0 Å². The molecule has 2 rings (SSSR count). The molecule has 0 spiro atoms. The molecule has 0 N–H and O–H groups in total. The van der Waals surface area contributed by atoms with Crippen molar-refractivity contribution in [1.29, 1.82) is 0 Å². The van der Waals surface area contributed by atoms with Gasteiger partial charge in [0.15, 0.2) is 0 Å². The van der Waals surface area contributed by atoms with Crippen LogP contribution in [0.3, 0.4) is 0 Å². The zero-order valence-electron chi connectivity index (χ0n) is 10.5. The number of hydrogen-bond acceptors (Lipinski definition) is 2. The highest BCUT2D eigenvalue weighted by Crippen LogP contribution is 2.15. The molecule has 2 nitrogen and oxygen atoms in total. The zero-order valence-corrected chi connectivity index (χ0v) is 10.5. The van der Waals surface area contributed by atoms with Crippen LogP contribution in [-0.2, 0) is 4.74 Å². The highest BCUT2D eigenvalue weighted by molar-refractivity contribution is 5.26. The van der Waals surface area contributed by atoms with Gasteiger partial charge in [-0.15, -0.1) is 0 Å². The third-order valence-electron chi connectivity index (χ3n) is 2.13. The fraction of sp³-hybridized carbons (Fsp3) is 0.571. The molecule has 16 heavy (non-hydrogen) atoms. The summed E-state index contributed by atoms with van der Waals surface area (Å²) >= 11 is 0. The molecular weight excluding hydrogens is 200 g/mol. The second-order valence-corrected chi connectivity index (χ2v) is 4.11. The number of rotatable bonds is 4. The Morgan fingerprint density at radius 1 is 1.25 bits per heavy atom. The smallest absolute Gasteiger partial charge is 0.119 e. The molecule has 1 unspecified atom stereocenters. The molecular formula is C14H22O2. The van der Waals surface area contributed by atoms with E-state index in [2.05, 4.69) is 32.9 Å². The number of hydrogen-bond donors (Lipinski definition) is 0. The first kappa shape index (κ1) is 13.0. The van der Waals surface area contributed by atoms with Crippen LogP contribution >= 0.6 is 0 Å². The molecule has 1 aromatic rings. The molecule has 0 saturated carbocycles. The van der Waals surface area contributed by atoms with E-state index in [4.69, 9.17) is 9.47 Å². The van der Waals surface area contributed by atoms with E-state index in [0.29, 0.717) is 6.10 Å². The maximum Gasteiger partial charge on any atom is 0.119 e. The van der Waals surface area contributed by atoms with Crippen LogP contribution in [0.1, 0.15) is 32.3 Å². The fourth-order valence-corrected chi connectivity index (χ4v) is 1.18. The Hall–Kier alpha value is -1.02. The first-order valence-corrected chi connectivity index (χ1v) is 6.07. The Bertz CT molecular complexity index is 275. The lowest BCUT2D eigenvalue weighted by Gasteiger charge is -2.04. The van der Waals surface area contributed by atoms with Crippen molar-refractivity contribution in [3.63, 3.8) is 0 Å². The summed E-state index contributed by atoms with van der Waals surface area (Å²) in [5.74, 6) is 0.950. The van der Waals surface area contributed by atoms with Crippen molar-refractivity contribution in [2.45, 2.75) is 39.7 Å². The van der Waals surface area contributed by atoms with Crippen molar-refractivity contribution in [3.8, 4) is 5.75 Å². The van der Waals surface area contributed by atoms with Crippen molar-refractivity contribution in [3.05, 3.63) is 29.8 Å². The van der Waals surface area contributed by atoms with E-state index in [1.165, 1.54) is 12.0 Å². The molecule has 0 aliphatic carbocycles. The van der Waals surface area contributed by atoms with Crippen LogP contribution in [0.2, 0.25) is 0 Å². The van der Waals surface area contributed by atoms with Gasteiger partial charge in [-0.3, -0.25) is 0 Å². The summed E-state index contributed by atoms with van der Waals surface area (Å²) in [7, 11) is 0. The topological polar surface area (TPSA) is 21.8 Å². The van der Waals surface area contributed by atoms with Crippen LogP contribution in [-0.4, -0.2) is 19.3 Å². The molecule has 0 bridgehead atoms. The maximum absolute atomic E-state index is 5.53. The fourth-order valence-electron chi connectivity index (χ4n) is 1.18. The number of ether oxygens (including phenoxy) is 2. The molecule has 1 fully saturated rings. The second kappa shape index (κ2) is 7.29. The SMILES string of the molecule is CCC.Cc1ccc(OCCC2CO2)cc1. The summed E-state index contributed by atoms with van der Waals surface area (Å²) in [6.45, 7) is 7.99. The second-order valence-electron chi connectivity index (χ2n) is 4.11. The van der Waals surface area contributed by atoms with Crippen LogP contribution in [0.25, 0.3) is 0 Å². The van der Waals surface area contributed by atoms with Crippen LogP contribution < -0.4 is 4.74 Å². The zero-order chi connectivity index (χ0) is 11.8. The van der Waals surface area contributed by atoms with E-state index < -0.39 is 0 Å². The first-order chi connectivity index (χ1) is 7.76. The number of epoxide rings is 1. The van der Waals surface area contributed by atoms with Gasteiger partial charge in [0, 0.05) is 6.42 Å². The van der Waals surface area contributed by atoms with Gasteiger partial charge in [-0.2, -0.15) is 0 Å². The lowest BCUT2D eigenvalue weighted by molar-refractivity contribution is 0.283. The van der Waals surface area contributed by atoms with Crippen molar-refractivity contribution < 1.29 is 9.47 Å². The maximum atomic E-state index is 5.53. The Kier molecular flexibility index (Phi) is 5.94. The minimum absolute atomic E-state index is 0.463. The van der Waals surface area contributed by atoms with Crippen molar-refractivity contribution in [1.82, 2.24) is 0 Å². The molecule has 1 aliphatic rings. The lowest BCUT2D eigenvalue weighted by atomic mass is 10.2. The quantitative estimate of drug-likeness (QED) is 0.726. The molecule has 1 heterocycles. The predicted octanol–water partition coefficient (Wildman–Crippen LogP) is 3.58. The minimum atomic E-state index is 0.463. The van der Waals surface area contributed by atoms with Crippen LogP contribution in [0, 0.1) is 6.92 Å². The van der Waals surface area contributed by atoms with Crippen LogP contribution in [0.15, 0.2) is 24.3 Å². The summed E-state index contributed by atoms with van der Waals surface area (Å²) in [6.07, 6.45) is 2.72. The first-order valence-electron chi connectivity index (χ1n) is 6.07. The van der Waals surface area contributed by atoms with Gasteiger partial charge in [0.25, 0.3) is 0 Å². The molecule has 1 aromatic carbocycles. The molecule has 0 radical (unpaired) electrons. The molecule has 1 aliphatic heterocycles. The summed E-state index contributed by atoms with van der Waals surface area (Å²) in [4.78, 5) is 0. The van der Waals surface area contributed by atoms with E-state index in [0.717, 1.165) is 25.4 Å². The van der Waals surface area contributed by atoms with Gasteiger partial charge in [-0.25, -0.2) is 0 Å². The highest BCUT2D eigenvalue weighted by atomic mass is 16.6. The van der Waals surface area contributed by atoms with Gasteiger partial charge < -0.3 is 9.47 Å². The van der Waals surface area contributed by atoms with E-state index in [9.17, 15) is 0 Å². The van der Waals surface area contributed by atoms with E-state index in [-0.39, 0.29) is 0 Å². The Morgan fingerprint density at radius 3 is 2.31 bits per heavy atom. The van der Waals surface area contributed by atoms with E-state index in [1.807, 2.05) is 12.1 Å². The standard InChI is InChI=1S/C11H14O2.C3H8/c1-9-2-4-10(5-3-9)12-7-6-11-8-13-11;1-3-2/h2-5,11H,6-8H2,1H3;3H2,1-2H3. The van der Waals surface area contributed by atoms with Crippen LogP contribution in [0.4, 0.5) is 0 Å². The van der Waals surface area contributed by atoms with Gasteiger partial charge >= 0.3 is 0 Å². The van der Waals surface area contributed by atoms with Gasteiger partial charge in [0.1, 0.15) is 5.75 Å². The number of benzene rings is 1. The van der Waals surface area contributed by atoms with Gasteiger partial charge in [-0.05, 0) is 19.1 Å².